The Kier molecular flexibility index (Phi) is 4.48. The molecule has 1 N–H and O–H groups in total. The molecule has 0 aromatic carbocycles. The van der Waals surface area contributed by atoms with Gasteiger partial charge in [0.1, 0.15) is 0 Å². The van der Waals surface area contributed by atoms with E-state index in [2.05, 4.69) is 44.5 Å². The van der Waals surface area contributed by atoms with Crippen molar-refractivity contribution in [2.24, 2.45) is 5.92 Å². The first-order valence-corrected chi connectivity index (χ1v) is 9.10. The molecule has 3 nitrogen and oxygen atoms in total. The molecule has 1 unspecified atom stereocenters. The average Bonchev–Trinajstić information content (AvgIpc) is 3.21. The summed E-state index contributed by atoms with van der Waals surface area (Å²) in [5, 5.41) is 5.83. The number of hydrogen-bond donors (Lipinski definition) is 1. The van der Waals surface area contributed by atoms with E-state index in [4.69, 9.17) is 0 Å². The van der Waals surface area contributed by atoms with Crippen LogP contribution >= 0.6 is 27.3 Å². The lowest BCUT2D eigenvalue weighted by Crippen LogP contribution is -2.45. The van der Waals surface area contributed by atoms with Gasteiger partial charge in [0.25, 0.3) is 0 Å². The van der Waals surface area contributed by atoms with Crippen LogP contribution in [0.5, 0.6) is 0 Å². The van der Waals surface area contributed by atoms with E-state index in [0.717, 1.165) is 38.8 Å². The van der Waals surface area contributed by atoms with Crippen LogP contribution in [0, 0.1) is 5.92 Å². The molecule has 1 amide bonds. The summed E-state index contributed by atoms with van der Waals surface area (Å²) in [4.78, 5) is 15.5. The van der Waals surface area contributed by atoms with Crippen molar-refractivity contribution in [2.75, 3.05) is 13.1 Å². The Morgan fingerprint density at radius 2 is 2.10 bits per heavy atom. The van der Waals surface area contributed by atoms with Crippen LogP contribution in [-0.4, -0.2) is 29.9 Å². The van der Waals surface area contributed by atoms with Crippen LogP contribution in [0.4, 0.5) is 0 Å². The number of likely N-dealkylation sites (tertiary alicyclic amines) is 1. The second-order valence-electron chi connectivity index (χ2n) is 5.89. The highest BCUT2D eigenvalue weighted by Gasteiger charge is 2.35. The molecule has 0 radical (unpaired) electrons. The van der Waals surface area contributed by atoms with Crippen molar-refractivity contribution >= 4 is 33.2 Å². The van der Waals surface area contributed by atoms with Crippen molar-refractivity contribution < 1.29 is 4.79 Å². The first-order valence-electron chi connectivity index (χ1n) is 7.43. The molecule has 2 fully saturated rings. The minimum absolute atomic E-state index is 0.362. The lowest BCUT2D eigenvalue weighted by molar-refractivity contribution is -0.133. The fraction of sp³-hybridized carbons (Fsp3) is 0.667. The monoisotopic (exact) mass is 356 g/mol. The fourth-order valence-corrected chi connectivity index (χ4v) is 4.63. The Labute approximate surface area is 132 Å². The van der Waals surface area contributed by atoms with E-state index in [1.165, 1.54) is 9.35 Å². The van der Waals surface area contributed by atoms with Crippen LogP contribution in [0.1, 0.15) is 43.5 Å². The minimum atomic E-state index is 0.362. The first kappa shape index (κ1) is 14.5. The topological polar surface area (TPSA) is 32.3 Å². The Morgan fingerprint density at radius 1 is 1.40 bits per heavy atom. The van der Waals surface area contributed by atoms with Gasteiger partial charge in [0, 0.05) is 40.4 Å². The quantitative estimate of drug-likeness (QED) is 0.894. The van der Waals surface area contributed by atoms with Crippen molar-refractivity contribution in [2.45, 2.75) is 44.7 Å². The number of piperidine rings is 1. The summed E-state index contributed by atoms with van der Waals surface area (Å²) in [6, 6.07) is 3.01. The van der Waals surface area contributed by atoms with Crippen molar-refractivity contribution in [3.05, 3.63) is 20.8 Å². The highest BCUT2D eigenvalue weighted by atomic mass is 79.9. The number of rotatable bonds is 4. The maximum Gasteiger partial charge on any atom is 0.225 e. The molecule has 5 heteroatoms. The molecule has 2 heterocycles. The molecule has 110 valence electrons. The Bertz CT molecular complexity index is 478. The summed E-state index contributed by atoms with van der Waals surface area (Å²) in [5.41, 5.74) is 0. The summed E-state index contributed by atoms with van der Waals surface area (Å²) in [6.45, 7) is 4.06. The van der Waals surface area contributed by atoms with Crippen molar-refractivity contribution in [1.29, 1.82) is 0 Å². The van der Waals surface area contributed by atoms with E-state index in [-0.39, 0.29) is 0 Å². The molecule has 1 atom stereocenters. The average molecular weight is 357 g/mol. The number of hydrogen-bond acceptors (Lipinski definition) is 3. The second-order valence-corrected chi connectivity index (χ2v) is 7.70. The van der Waals surface area contributed by atoms with Gasteiger partial charge in [0.05, 0.1) is 0 Å². The summed E-state index contributed by atoms with van der Waals surface area (Å²) in [6.07, 6.45) is 4.37. The van der Waals surface area contributed by atoms with Gasteiger partial charge in [0.2, 0.25) is 5.91 Å². The van der Waals surface area contributed by atoms with Gasteiger partial charge in [-0.3, -0.25) is 4.79 Å². The molecule has 1 aliphatic heterocycles. The third-order valence-corrected chi connectivity index (χ3v) is 6.31. The molecule has 1 saturated heterocycles. The van der Waals surface area contributed by atoms with E-state index >= 15 is 0 Å². The third-order valence-electron chi connectivity index (χ3n) is 4.26. The highest BCUT2D eigenvalue weighted by molar-refractivity contribution is 9.10. The summed E-state index contributed by atoms with van der Waals surface area (Å²) in [7, 11) is 0. The summed E-state index contributed by atoms with van der Waals surface area (Å²) < 4.78 is 1.20. The van der Waals surface area contributed by atoms with Crippen LogP contribution < -0.4 is 5.32 Å². The predicted octanol–water partition coefficient (Wildman–Crippen LogP) is 3.56. The zero-order valence-electron chi connectivity index (χ0n) is 11.8. The predicted molar refractivity (Wildman–Crippen MR) is 85.9 cm³/mol. The molecule has 2 aliphatic rings. The van der Waals surface area contributed by atoms with Gasteiger partial charge < -0.3 is 10.2 Å². The minimum Gasteiger partial charge on any atom is -0.342 e. The van der Waals surface area contributed by atoms with E-state index in [0.29, 0.717) is 23.9 Å². The van der Waals surface area contributed by atoms with Gasteiger partial charge in [-0.15, -0.1) is 11.3 Å². The number of thiophene rings is 1. The number of carbonyl (C=O) groups is 1. The Morgan fingerprint density at radius 3 is 2.65 bits per heavy atom. The fourth-order valence-electron chi connectivity index (χ4n) is 2.90. The smallest absolute Gasteiger partial charge is 0.225 e. The van der Waals surface area contributed by atoms with Gasteiger partial charge >= 0.3 is 0 Å². The molecular weight excluding hydrogens is 336 g/mol. The number of halogens is 1. The van der Waals surface area contributed by atoms with E-state index in [1.807, 2.05) is 0 Å². The molecular formula is C15H21BrN2OS. The van der Waals surface area contributed by atoms with Gasteiger partial charge in [-0.2, -0.15) is 0 Å². The standard InChI is InChI=1S/C15H21BrN2OS/c1-10(14-13(16)6-9-20-14)17-12-4-7-18(8-5-12)15(19)11-2-3-11/h6,9-12,17H,2-5,7-8H2,1H3. The summed E-state index contributed by atoms with van der Waals surface area (Å²) >= 11 is 5.39. The molecule has 0 spiro atoms. The normalized spacial score (nSPS) is 22.0. The molecule has 1 aromatic heterocycles. The number of nitrogens with one attached hydrogen (secondary N) is 1. The Hall–Kier alpha value is -0.390. The van der Waals surface area contributed by atoms with Crippen molar-refractivity contribution in [1.82, 2.24) is 10.2 Å². The second kappa shape index (κ2) is 6.16. The van der Waals surface area contributed by atoms with E-state index < -0.39 is 0 Å². The number of carbonyl (C=O) groups excluding carboxylic acids is 1. The maximum absolute atomic E-state index is 12.0. The van der Waals surface area contributed by atoms with Crippen LogP contribution in [0.2, 0.25) is 0 Å². The van der Waals surface area contributed by atoms with E-state index in [1.54, 1.807) is 11.3 Å². The molecule has 1 saturated carbocycles. The maximum atomic E-state index is 12.0. The van der Waals surface area contributed by atoms with Crippen molar-refractivity contribution in [3.63, 3.8) is 0 Å². The Balaban J connectivity index is 1.48. The van der Waals surface area contributed by atoms with Gasteiger partial charge in [-0.25, -0.2) is 0 Å². The third kappa shape index (κ3) is 3.26. The van der Waals surface area contributed by atoms with Gasteiger partial charge in [-0.05, 0) is 60.0 Å². The number of amides is 1. The van der Waals surface area contributed by atoms with Crippen LogP contribution in [0.3, 0.4) is 0 Å². The van der Waals surface area contributed by atoms with Crippen LogP contribution in [0.15, 0.2) is 15.9 Å². The van der Waals surface area contributed by atoms with Gasteiger partial charge in [0.15, 0.2) is 0 Å². The van der Waals surface area contributed by atoms with E-state index in [9.17, 15) is 4.79 Å². The molecule has 0 bridgehead atoms. The first-order chi connectivity index (χ1) is 9.65. The van der Waals surface area contributed by atoms with Crippen LogP contribution in [0.25, 0.3) is 0 Å². The molecule has 1 aliphatic carbocycles. The molecule has 20 heavy (non-hydrogen) atoms. The summed E-state index contributed by atoms with van der Waals surface area (Å²) in [5.74, 6) is 0.762. The zero-order valence-corrected chi connectivity index (χ0v) is 14.2. The molecule has 3 rings (SSSR count). The molecule has 1 aromatic rings. The number of nitrogens with zero attached hydrogens (tertiary/aromatic N) is 1. The lowest BCUT2D eigenvalue weighted by Gasteiger charge is -2.34. The van der Waals surface area contributed by atoms with Crippen molar-refractivity contribution in [3.8, 4) is 0 Å². The zero-order chi connectivity index (χ0) is 14.1. The largest absolute Gasteiger partial charge is 0.342 e. The van der Waals surface area contributed by atoms with Crippen LogP contribution in [-0.2, 0) is 4.79 Å². The SMILES string of the molecule is CC(NC1CCN(C(=O)C2CC2)CC1)c1sccc1Br. The lowest BCUT2D eigenvalue weighted by atomic mass is 10.0. The highest BCUT2D eigenvalue weighted by Crippen LogP contribution is 2.32. The van der Waals surface area contributed by atoms with Gasteiger partial charge in [-0.1, -0.05) is 0 Å².